The zero-order valence-electron chi connectivity index (χ0n) is 22.6. The summed E-state index contributed by atoms with van der Waals surface area (Å²) in [6.45, 7) is 3.89. The maximum atomic E-state index is 13.4. The molecule has 7 heteroatoms. The number of amides is 2. The Labute approximate surface area is 243 Å². The van der Waals surface area contributed by atoms with E-state index < -0.39 is 0 Å². The lowest BCUT2D eigenvalue weighted by Crippen LogP contribution is -2.24. The highest BCUT2D eigenvalue weighted by atomic mass is 32.2. The first-order valence-electron chi connectivity index (χ1n) is 13.5. The predicted octanol–water partition coefficient (Wildman–Crippen LogP) is 7.96. The average molecular weight is 566 g/mol. The fraction of sp³-hybridized carbons (Fsp3) is 0.242. The average Bonchev–Trinajstić information content (AvgIpc) is 3.32. The highest BCUT2D eigenvalue weighted by Gasteiger charge is 2.28. The van der Waals surface area contributed by atoms with Crippen molar-refractivity contribution in [3.63, 3.8) is 0 Å². The minimum Gasteiger partial charge on any atom is -0.322 e. The Kier molecular flexibility index (Phi) is 8.69. The summed E-state index contributed by atoms with van der Waals surface area (Å²) in [5.74, 6) is 0.154. The second kappa shape index (κ2) is 12.5. The maximum Gasteiger partial charge on any atom is 0.255 e. The van der Waals surface area contributed by atoms with Crippen molar-refractivity contribution in [2.24, 2.45) is 0 Å². The third-order valence-corrected chi connectivity index (χ3v) is 9.84. The van der Waals surface area contributed by atoms with Gasteiger partial charge in [0.05, 0.1) is 10.8 Å². The molecular formula is C33H31N3O2S2. The van der Waals surface area contributed by atoms with Crippen LogP contribution in [0, 0.1) is 18.3 Å². The number of hydrogen-bond acceptors (Lipinski definition) is 5. The van der Waals surface area contributed by atoms with Crippen molar-refractivity contribution in [2.45, 2.75) is 55.6 Å². The summed E-state index contributed by atoms with van der Waals surface area (Å²) in [4.78, 5) is 28.3. The van der Waals surface area contributed by atoms with Crippen LogP contribution in [-0.4, -0.2) is 17.1 Å². The molecule has 1 heterocycles. The number of thiophene rings is 1. The molecule has 1 aromatic heterocycles. The molecule has 4 aromatic rings. The van der Waals surface area contributed by atoms with Crippen molar-refractivity contribution in [3.8, 4) is 6.07 Å². The van der Waals surface area contributed by atoms with Gasteiger partial charge in [-0.1, -0.05) is 61.5 Å². The van der Waals surface area contributed by atoms with Crippen LogP contribution in [0.1, 0.15) is 63.2 Å². The Morgan fingerprint density at radius 3 is 2.58 bits per heavy atom. The third kappa shape index (κ3) is 6.14. The molecule has 40 heavy (non-hydrogen) atoms. The minimum absolute atomic E-state index is 0.114. The summed E-state index contributed by atoms with van der Waals surface area (Å²) >= 11 is 3.01. The lowest BCUT2D eigenvalue weighted by Gasteiger charge is -2.22. The fourth-order valence-electron chi connectivity index (χ4n) is 5.15. The largest absolute Gasteiger partial charge is 0.322 e. The van der Waals surface area contributed by atoms with E-state index in [0.717, 1.165) is 35.3 Å². The quantitative estimate of drug-likeness (QED) is 0.212. The molecule has 0 fully saturated rings. The molecule has 0 saturated carbocycles. The van der Waals surface area contributed by atoms with Crippen molar-refractivity contribution < 1.29 is 9.59 Å². The number of thioether (sulfide) groups is 1. The highest BCUT2D eigenvalue weighted by Crippen LogP contribution is 2.42. The lowest BCUT2D eigenvalue weighted by atomic mass is 9.83. The van der Waals surface area contributed by atoms with E-state index in [1.54, 1.807) is 17.4 Å². The number of anilines is 2. The van der Waals surface area contributed by atoms with Crippen molar-refractivity contribution in [1.82, 2.24) is 0 Å². The number of aryl methyl sites for hydroxylation is 1. The van der Waals surface area contributed by atoms with E-state index in [9.17, 15) is 14.9 Å². The minimum atomic E-state index is -0.343. The van der Waals surface area contributed by atoms with Gasteiger partial charge < -0.3 is 10.6 Å². The Morgan fingerprint density at radius 2 is 1.82 bits per heavy atom. The molecule has 2 atom stereocenters. The van der Waals surface area contributed by atoms with Crippen molar-refractivity contribution >= 4 is 45.6 Å². The number of rotatable bonds is 8. The molecule has 0 spiro atoms. The smallest absolute Gasteiger partial charge is 0.255 e. The molecule has 5 nitrogen and oxygen atoms in total. The van der Waals surface area contributed by atoms with Gasteiger partial charge >= 0.3 is 0 Å². The van der Waals surface area contributed by atoms with Crippen LogP contribution in [0.15, 0.2) is 83.8 Å². The van der Waals surface area contributed by atoms with E-state index >= 15 is 0 Å². The van der Waals surface area contributed by atoms with Crippen LogP contribution < -0.4 is 10.6 Å². The molecule has 2 unspecified atom stereocenters. The molecule has 3 aromatic carbocycles. The van der Waals surface area contributed by atoms with E-state index in [0.29, 0.717) is 34.2 Å². The molecule has 1 aliphatic rings. The first-order chi connectivity index (χ1) is 19.5. The fourth-order valence-corrected chi connectivity index (χ4v) is 7.45. The number of carbonyl (C=O) groups excluding carboxylic acids is 2. The molecule has 5 rings (SSSR count). The summed E-state index contributed by atoms with van der Waals surface area (Å²) in [5, 5.41) is 16.3. The van der Waals surface area contributed by atoms with Gasteiger partial charge in [-0.2, -0.15) is 5.26 Å². The molecule has 1 aliphatic carbocycles. The van der Waals surface area contributed by atoms with Gasteiger partial charge in [-0.3, -0.25) is 9.59 Å². The number of carbonyl (C=O) groups is 2. The van der Waals surface area contributed by atoms with Crippen LogP contribution in [-0.2, 0) is 17.6 Å². The second-order valence-corrected chi connectivity index (χ2v) is 12.4. The molecule has 0 bridgehead atoms. The summed E-state index contributed by atoms with van der Waals surface area (Å²) in [6.07, 6.45) is 3.36. The third-order valence-electron chi connectivity index (χ3n) is 7.31. The van der Waals surface area contributed by atoms with Gasteiger partial charge in [-0.15, -0.1) is 23.1 Å². The van der Waals surface area contributed by atoms with E-state index in [2.05, 4.69) is 41.0 Å². The summed E-state index contributed by atoms with van der Waals surface area (Å²) in [7, 11) is 0. The SMILES string of the molecule is CCC(Sc1cccc(NC(=O)c2ccccc2C)c1)C(=O)Nc1sc2c(c1C#N)CCC(c1ccccc1)C2. The molecular weight excluding hydrogens is 535 g/mol. The van der Waals surface area contributed by atoms with Gasteiger partial charge in [0.1, 0.15) is 11.1 Å². The van der Waals surface area contributed by atoms with Crippen LogP contribution in [0.4, 0.5) is 10.7 Å². The Bertz CT molecular complexity index is 1570. The second-order valence-electron chi connectivity index (χ2n) is 9.97. The molecule has 202 valence electrons. The molecule has 0 saturated heterocycles. The highest BCUT2D eigenvalue weighted by molar-refractivity contribution is 8.00. The van der Waals surface area contributed by atoms with Gasteiger partial charge in [0.2, 0.25) is 5.91 Å². The van der Waals surface area contributed by atoms with Crippen LogP contribution in [0.25, 0.3) is 0 Å². The lowest BCUT2D eigenvalue weighted by molar-refractivity contribution is -0.115. The zero-order chi connectivity index (χ0) is 28.1. The molecule has 0 aliphatic heterocycles. The first kappa shape index (κ1) is 27.7. The maximum absolute atomic E-state index is 13.4. The van der Waals surface area contributed by atoms with Crippen molar-refractivity contribution in [2.75, 3.05) is 10.6 Å². The van der Waals surface area contributed by atoms with Crippen molar-refractivity contribution in [1.29, 1.82) is 5.26 Å². The Balaban J connectivity index is 1.27. The number of hydrogen-bond donors (Lipinski definition) is 2. The summed E-state index contributed by atoms with van der Waals surface area (Å²) in [6, 6.07) is 27.9. The van der Waals surface area contributed by atoms with Crippen LogP contribution in [0.5, 0.6) is 0 Å². The normalized spacial score (nSPS) is 15.0. The number of nitriles is 1. The van der Waals surface area contributed by atoms with E-state index in [4.69, 9.17) is 0 Å². The van der Waals surface area contributed by atoms with E-state index in [1.165, 1.54) is 22.2 Å². The van der Waals surface area contributed by atoms with Crippen LogP contribution in [0.3, 0.4) is 0 Å². The summed E-state index contributed by atoms with van der Waals surface area (Å²) < 4.78 is 0. The number of fused-ring (bicyclic) bond motifs is 1. The van der Waals surface area contributed by atoms with Gasteiger partial charge in [-0.05, 0) is 79.5 Å². The van der Waals surface area contributed by atoms with E-state index in [1.807, 2.05) is 62.4 Å². The van der Waals surface area contributed by atoms with Gasteiger partial charge in [-0.25, -0.2) is 0 Å². The van der Waals surface area contributed by atoms with Crippen molar-refractivity contribution in [3.05, 3.63) is 112 Å². The van der Waals surface area contributed by atoms with E-state index in [-0.39, 0.29) is 17.1 Å². The Hall–Kier alpha value is -3.86. The number of benzene rings is 3. The molecule has 0 radical (unpaired) electrons. The molecule has 2 N–H and O–H groups in total. The standard InChI is InChI=1S/C33H31N3O2S2/c1-3-29(39-25-14-9-13-24(19-25)35-31(37)26-15-8-7-10-21(26)2)32(38)36-33-28(20-34)27-17-16-23(18-30(27)40-33)22-11-5-4-6-12-22/h4-15,19,23,29H,3,16-18H2,1-2H3,(H,35,37)(H,36,38). The van der Waals surface area contributed by atoms with Crippen LogP contribution >= 0.6 is 23.1 Å². The number of nitrogens with zero attached hydrogens (tertiary/aromatic N) is 1. The first-order valence-corrected chi connectivity index (χ1v) is 15.2. The predicted molar refractivity (Wildman–Crippen MR) is 164 cm³/mol. The summed E-state index contributed by atoms with van der Waals surface area (Å²) in [5.41, 5.74) is 5.25. The monoisotopic (exact) mass is 565 g/mol. The van der Waals surface area contributed by atoms with Crippen LogP contribution in [0.2, 0.25) is 0 Å². The number of nitrogens with one attached hydrogen (secondary N) is 2. The zero-order valence-corrected chi connectivity index (χ0v) is 24.2. The molecule has 2 amide bonds. The van der Waals surface area contributed by atoms with Gasteiger partial charge in [0, 0.05) is 21.0 Å². The van der Waals surface area contributed by atoms with Gasteiger partial charge in [0.15, 0.2) is 0 Å². The van der Waals surface area contributed by atoms with Gasteiger partial charge in [0.25, 0.3) is 5.91 Å². The Morgan fingerprint density at radius 1 is 1.05 bits per heavy atom. The topological polar surface area (TPSA) is 82.0 Å².